The molecule has 8 heteroatoms. The highest BCUT2D eigenvalue weighted by atomic mass is 35.5. The number of hydrogen-bond donors (Lipinski definition) is 2. The number of carbonyl (C=O) groups excluding carboxylic acids is 2. The van der Waals surface area contributed by atoms with Gasteiger partial charge in [0.1, 0.15) is 5.75 Å². The highest BCUT2D eigenvalue weighted by Gasteiger charge is 2.09. The monoisotopic (exact) mass is 396 g/mol. The molecule has 1 heterocycles. The Morgan fingerprint density at radius 2 is 1.61 bits per heavy atom. The number of hydrogen-bond acceptors (Lipinski definition) is 6. The molecule has 0 atom stereocenters. The first-order chi connectivity index (χ1) is 13.5. The number of ketones is 1. The lowest BCUT2D eigenvalue weighted by Gasteiger charge is -2.08. The fourth-order valence-corrected chi connectivity index (χ4v) is 2.63. The van der Waals surface area contributed by atoms with Gasteiger partial charge in [0.25, 0.3) is 5.91 Å². The number of rotatable bonds is 6. The SMILES string of the molecule is COc1ccc(Nc2ncc(C(=O)Nc3ccc(C(C)=O)cc3)cn2)cc1Cl. The van der Waals surface area contributed by atoms with Gasteiger partial charge in [-0.25, -0.2) is 9.97 Å². The van der Waals surface area contributed by atoms with Crippen LogP contribution in [0.25, 0.3) is 0 Å². The minimum Gasteiger partial charge on any atom is -0.495 e. The highest BCUT2D eigenvalue weighted by molar-refractivity contribution is 6.32. The van der Waals surface area contributed by atoms with E-state index in [0.717, 1.165) is 0 Å². The van der Waals surface area contributed by atoms with Crippen LogP contribution in [0.2, 0.25) is 5.02 Å². The van der Waals surface area contributed by atoms with Gasteiger partial charge in [-0.05, 0) is 49.4 Å². The van der Waals surface area contributed by atoms with Crippen LogP contribution in [0, 0.1) is 0 Å². The van der Waals surface area contributed by atoms with Crippen LogP contribution in [-0.4, -0.2) is 28.8 Å². The zero-order valence-corrected chi connectivity index (χ0v) is 15.9. The zero-order chi connectivity index (χ0) is 20.1. The minimum absolute atomic E-state index is 0.0347. The number of amides is 1. The maximum absolute atomic E-state index is 12.3. The van der Waals surface area contributed by atoms with Crippen molar-refractivity contribution in [2.45, 2.75) is 6.92 Å². The normalized spacial score (nSPS) is 10.2. The summed E-state index contributed by atoms with van der Waals surface area (Å²) in [5.74, 6) is 0.502. The van der Waals surface area contributed by atoms with Crippen molar-refractivity contribution >= 4 is 40.6 Å². The molecule has 0 fully saturated rings. The largest absolute Gasteiger partial charge is 0.495 e. The summed E-state index contributed by atoms with van der Waals surface area (Å²) in [6, 6.07) is 11.8. The molecule has 0 aliphatic heterocycles. The molecular formula is C20H17ClN4O3. The molecule has 2 aromatic carbocycles. The third-order valence-corrected chi connectivity index (χ3v) is 4.17. The van der Waals surface area contributed by atoms with Gasteiger partial charge in [-0.2, -0.15) is 0 Å². The van der Waals surface area contributed by atoms with Gasteiger partial charge in [0.2, 0.25) is 5.95 Å². The molecular weight excluding hydrogens is 380 g/mol. The van der Waals surface area contributed by atoms with Gasteiger partial charge in [0.15, 0.2) is 5.78 Å². The number of carbonyl (C=O) groups is 2. The minimum atomic E-state index is -0.352. The van der Waals surface area contributed by atoms with Crippen molar-refractivity contribution in [1.82, 2.24) is 9.97 Å². The molecule has 7 nitrogen and oxygen atoms in total. The Bertz CT molecular complexity index is 1000. The van der Waals surface area contributed by atoms with Crippen molar-refractivity contribution in [3.63, 3.8) is 0 Å². The van der Waals surface area contributed by atoms with Crippen molar-refractivity contribution in [2.24, 2.45) is 0 Å². The molecule has 0 saturated heterocycles. The van der Waals surface area contributed by atoms with E-state index in [9.17, 15) is 9.59 Å². The van der Waals surface area contributed by atoms with Gasteiger partial charge in [-0.1, -0.05) is 11.6 Å². The third-order valence-electron chi connectivity index (χ3n) is 3.87. The van der Waals surface area contributed by atoms with Crippen LogP contribution in [0.15, 0.2) is 54.9 Å². The standard InChI is InChI=1S/C20H17ClN4O3/c1-12(26)13-3-5-15(6-4-13)24-19(27)14-10-22-20(23-11-14)25-16-7-8-18(28-2)17(21)9-16/h3-11H,1-2H3,(H,24,27)(H,22,23,25). The first-order valence-electron chi connectivity index (χ1n) is 8.31. The summed E-state index contributed by atoms with van der Waals surface area (Å²) in [5, 5.41) is 6.19. The van der Waals surface area contributed by atoms with E-state index < -0.39 is 0 Å². The molecule has 142 valence electrons. The van der Waals surface area contributed by atoms with Crippen molar-refractivity contribution in [3.8, 4) is 5.75 Å². The molecule has 0 unspecified atom stereocenters. The van der Waals surface area contributed by atoms with Crippen molar-refractivity contribution in [2.75, 3.05) is 17.7 Å². The maximum Gasteiger partial charge on any atom is 0.258 e. The Balaban J connectivity index is 1.65. The summed E-state index contributed by atoms with van der Waals surface area (Å²) in [6.07, 6.45) is 2.83. The van der Waals surface area contributed by atoms with Gasteiger partial charge >= 0.3 is 0 Å². The van der Waals surface area contributed by atoms with E-state index in [-0.39, 0.29) is 11.7 Å². The summed E-state index contributed by atoms with van der Waals surface area (Å²) in [5.41, 5.74) is 2.14. The van der Waals surface area contributed by atoms with E-state index in [1.165, 1.54) is 19.3 Å². The van der Waals surface area contributed by atoms with Crippen LogP contribution >= 0.6 is 11.6 Å². The summed E-state index contributed by atoms with van der Waals surface area (Å²) >= 11 is 6.09. The van der Waals surface area contributed by atoms with Crippen molar-refractivity contribution in [3.05, 3.63) is 71.0 Å². The molecule has 0 aliphatic carbocycles. The number of nitrogens with one attached hydrogen (secondary N) is 2. The van der Waals surface area contributed by atoms with Gasteiger partial charge in [0, 0.05) is 29.3 Å². The first-order valence-corrected chi connectivity index (χ1v) is 8.69. The molecule has 1 aromatic heterocycles. The summed E-state index contributed by atoms with van der Waals surface area (Å²) in [7, 11) is 1.54. The predicted molar refractivity (Wildman–Crippen MR) is 108 cm³/mol. The van der Waals surface area contributed by atoms with E-state index in [0.29, 0.717) is 39.2 Å². The fraction of sp³-hybridized carbons (Fsp3) is 0.100. The molecule has 1 amide bonds. The molecule has 0 bridgehead atoms. The third kappa shape index (κ3) is 4.63. The van der Waals surface area contributed by atoms with Gasteiger partial charge in [-0.15, -0.1) is 0 Å². The smallest absolute Gasteiger partial charge is 0.258 e. The fourth-order valence-electron chi connectivity index (χ4n) is 2.37. The summed E-state index contributed by atoms with van der Waals surface area (Å²) < 4.78 is 5.11. The molecule has 0 aliphatic rings. The molecule has 0 radical (unpaired) electrons. The topological polar surface area (TPSA) is 93.2 Å². The lowest BCUT2D eigenvalue weighted by molar-refractivity contribution is 0.101. The number of benzene rings is 2. The number of anilines is 3. The average Bonchev–Trinajstić information content (AvgIpc) is 2.69. The van der Waals surface area contributed by atoms with Crippen LogP contribution in [-0.2, 0) is 0 Å². The van der Waals surface area contributed by atoms with E-state index in [1.54, 1.807) is 49.6 Å². The quantitative estimate of drug-likeness (QED) is 0.602. The number of ether oxygens (including phenoxy) is 1. The van der Waals surface area contributed by atoms with E-state index in [4.69, 9.17) is 16.3 Å². The Kier molecular flexibility index (Phi) is 5.86. The summed E-state index contributed by atoms with van der Waals surface area (Å²) in [6.45, 7) is 1.49. The number of methoxy groups -OCH3 is 1. The van der Waals surface area contributed by atoms with Crippen LogP contribution in [0.3, 0.4) is 0 Å². The Hall–Kier alpha value is -3.45. The molecule has 3 rings (SSSR count). The van der Waals surface area contributed by atoms with Crippen molar-refractivity contribution < 1.29 is 14.3 Å². The van der Waals surface area contributed by atoms with Crippen molar-refractivity contribution in [1.29, 1.82) is 0 Å². The second kappa shape index (κ2) is 8.49. The lowest BCUT2D eigenvalue weighted by Crippen LogP contribution is -2.13. The lowest BCUT2D eigenvalue weighted by atomic mass is 10.1. The Morgan fingerprint density at radius 3 is 2.18 bits per heavy atom. The van der Waals surface area contributed by atoms with Crippen LogP contribution < -0.4 is 15.4 Å². The highest BCUT2D eigenvalue weighted by Crippen LogP contribution is 2.28. The molecule has 0 spiro atoms. The van der Waals surface area contributed by atoms with E-state index in [2.05, 4.69) is 20.6 Å². The van der Waals surface area contributed by atoms with Crippen LogP contribution in [0.4, 0.5) is 17.3 Å². The zero-order valence-electron chi connectivity index (χ0n) is 15.2. The van der Waals surface area contributed by atoms with E-state index in [1.807, 2.05) is 0 Å². The Labute approximate surface area is 166 Å². The molecule has 3 aromatic rings. The second-order valence-corrected chi connectivity index (χ2v) is 6.26. The van der Waals surface area contributed by atoms with Gasteiger partial charge < -0.3 is 15.4 Å². The predicted octanol–water partition coefficient (Wildman–Crippen LogP) is 4.34. The van der Waals surface area contributed by atoms with Gasteiger partial charge in [0.05, 0.1) is 17.7 Å². The van der Waals surface area contributed by atoms with E-state index >= 15 is 0 Å². The number of Topliss-reactive ketones (excluding diaryl/α,β-unsaturated/α-hetero) is 1. The maximum atomic E-state index is 12.3. The number of halogens is 1. The second-order valence-electron chi connectivity index (χ2n) is 5.86. The first kappa shape index (κ1) is 19.3. The average molecular weight is 397 g/mol. The molecule has 28 heavy (non-hydrogen) atoms. The van der Waals surface area contributed by atoms with Crippen LogP contribution in [0.5, 0.6) is 5.75 Å². The van der Waals surface area contributed by atoms with Gasteiger partial charge in [-0.3, -0.25) is 9.59 Å². The van der Waals surface area contributed by atoms with Crippen LogP contribution in [0.1, 0.15) is 27.6 Å². The summed E-state index contributed by atoms with van der Waals surface area (Å²) in [4.78, 5) is 31.9. The molecule has 2 N–H and O–H groups in total. The number of nitrogens with zero attached hydrogens (tertiary/aromatic N) is 2. The Morgan fingerprint density at radius 1 is 0.964 bits per heavy atom. The number of aromatic nitrogens is 2. The molecule has 0 saturated carbocycles.